The van der Waals surface area contributed by atoms with Crippen molar-refractivity contribution in [1.29, 1.82) is 0 Å². The predicted octanol–water partition coefficient (Wildman–Crippen LogP) is 2.03. The molecule has 0 amide bonds. The molecule has 3 rings (SSSR count). The fourth-order valence-corrected chi connectivity index (χ4v) is 3.05. The van der Waals surface area contributed by atoms with Crippen LogP contribution in [0.2, 0.25) is 0 Å². The lowest BCUT2D eigenvalue weighted by molar-refractivity contribution is 0.575. The van der Waals surface area contributed by atoms with Gasteiger partial charge in [-0.05, 0) is 18.9 Å². The minimum Gasteiger partial charge on any atom is -0.353 e. The van der Waals surface area contributed by atoms with Crippen LogP contribution in [0.1, 0.15) is 18.4 Å². The van der Waals surface area contributed by atoms with Gasteiger partial charge >= 0.3 is 0 Å². The van der Waals surface area contributed by atoms with E-state index in [0.29, 0.717) is 18.4 Å². The lowest BCUT2D eigenvalue weighted by Gasteiger charge is -2.28. The van der Waals surface area contributed by atoms with Crippen LogP contribution in [0.5, 0.6) is 0 Å². The predicted molar refractivity (Wildman–Crippen MR) is 73.6 cm³/mol. The molecular formula is C13H18FN3S. The van der Waals surface area contributed by atoms with Gasteiger partial charge < -0.3 is 10.2 Å². The van der Waals surface area contributed by atoms with Gasteiger partial charge in [0.25, 0.3) is 0 Å². The Labute approximate surface area is 111 Å². The molecule has 2 aliphatic rings. The molecule has 2 heterocycles. The van der Waals surface area contributed by atoms with Crippen molar-refractivity contribution < 1.29 is 4.39 Å². The van der Waals surface area contributed by atoms with E-state index in [2.05, 4.69) is 15.2 Å². The third-order valence-electron chi connectivity index (χ3n) is 3.42. The smallest absolute Gasteiger partial charge is 0.170 e. The molecule has 2 fully saturated rings. The number of nitrogens with zero attached hydrogens (tertiary/aromatic N) is 2. The zero-order valence-electron chi connectivity index (χ0n) is 10.4. The first kappa shape index (κ1) is 12.2. The van der Waals surface area contributed by atoms with E-state index in [1.807, 2.05) is 11.8 Å². The summed E-state index contributed by atoms with van der Waals surface area (Å²) in [7, 11) is 0. The molecule has 1 aliphatic carbocycles. The highest BCUT2D eigenvalue weighted by atomic mass is 32.2. The second-order valence-electron chi connectivity index (χ2n) is 4.86. The van der Waals surface area contributed by atoms with E-state index >= 15 is 0 Å². The van der Waals surface area contributed by atoms with Crippen LogP contribution in [0.3, 0.4) is 0 Å². The van der Waals surface area contributed by atoms with Gasteiger partial charge in [-0.2, -0.15) is 11.8 Å². The molecule has 0 aromatic carbocycles. The van der Waals surface area contributed by atoms with Gasteiger partial charge in [-0.1, -0.05) is 0 Å². The monoisotopic (exact) mass is 267 g/mol. The summed E-state index contributed by atoms with van der Waals surface area (Å²) >= 11 is 1.92. The molecule has 0 unspecified atom stereocenters. The fourth-order valence-electron chi connectivity index (χ4n) is 2.15. The SMILES string of the molecule is Fc1c(CNC2CC2)ccnc1N1CCSCC1. The number of pyridine rings is 1. The van der Waals surface area contributed by atoms with Gasteiger partial charge in [0, 0.05) is 48.9 Å². The Kier molecular flexibility index (Phi) is 3.70. The number of aromatic nitrogens is 1. The Morgan fingerprint density at radius 1 is 1.39 bits per heavy atom. The molecule has 1 saturated carbocycles. The van der Waals surface area contributed by atoms with Crippen LogP contribution in [0.4, 0.5) is 10.2 Å². The van der Waals surface area contributed by atoms with E-state index < -0.39 is 0 Å². The van der Waals surface area contributed by atoms with Crippen LogP contribution < -0.4 is 10.2 Å². The van der Waals surface area contributed by atoms with E-state index in [1.54, 1.807) is 12.3 Å². The Bertz CT molecular complexity index is 417. The van der Waals surface area contributed by atoms with Crippen LogP contribution in [0.15, 0.2) is 12.3 Å². The van der Waals surface area contributed by atoms with Crippen LogP contribution in [0.25, 0.3) is 0 Å². The normalized spacial score (nSPS) is 20.2. The van der Waals surface area contributed by atoms with Gasteiger partial charge in [-0.3, -0.25) is 0 Å². The first-order valence-electron chi connectivity index (χ1n) is 6.54. The first-order valence-corrected chi connectivity index (χ1v) is 7.69. The minimum atomic E-state index is -0.141. The van der Waals surface area contributed by atoms with Gasteiger partial charge in [0.1, 0.15) is 0 Å². The van der Waals surface area contributed by atoms with Crippen molar-refractivity contribution >= 4 is 17.6 Å². The Balaban J connectivity index is 1.73. The molecule has 3 nitrogen and oxygen atoms in total. The number of rotatable bonds is 4. The highest BCUT2D eigenvalue weighted by Gasteiger charge is 2.22. The highest BCUT2D eigenvalue weighted by Crippen LogP contribution is 2.24. The summed E-state index contributed by atoms with van der Waals surface area (Å²) in [5.41, 5.74) is 0.741. The van der Waals surface area contributed by atoms with E-state index in [1.165, 1.54) is 12.8 Å². The summed E-state index contributed by atoms with van der Waals surface area (Å²) in [6.45, 7) is 2.41. The standard InChI is InChI=1S/C13H18FN3S/c14-12-10(9-16-11-1-2-11)3-4-15-13(12)17-5-7-18-8-6-17/h3-4,11,16H,1-2,5-9H2. The third kappa shape index (κ3) is 2.78. The van der Waals surface area contributed by atoms with Crippen molar-refractivity contribution in [2.75, 3.05) is 29.5 Å². The van der Waals surface area contributed by atoms with Crippen molar-refractivity contribution in [3.05, 3.63) is 23.6 Å². The average molecular weight is 267 g/mol. The van der Waals surface area contributed by atoms with Gasteiger partial charge in [0.15, 0.2) is 11.6 Å². The Morgan fingerprint density at radius 3 is 2.89 bits per heavy atom. The number of halogens is 1. The summed E-state index contributed by atoms with van der Waals surface area (Å²) in [5, 5.41) is 3.35. The maximum atomic E-state index is 14.4. The summed E-state index contributed by atoms with van der Waals surface area (Å²) in [4.78, 5) is 6.28. The largest absolute Gasteiger partial charge is 0.353 e. The summed E-state index contributed by atoms with van der Waals surface area (Å²) in [5.74, 6) is 2.51. The third-order valence-corrected chi connectivity index (χ3v) is 4.36. The molecule has 98 valence electrons. The van der Waals surface area contributed by atoms with Crippen LogP contribution >= 0.6 is 11.8 Å². The van der Waals surface area contributed by atoms with E-state index in [0.717, 1.165) is 30.2 Å². The summed E-state index contributed by atoms with van der Waals surface area (Å²) < 4.78 is 14.4. The van der Waals surface area contributed by atoms with Crippen LogP contribution in [-0.2, 0) is 6.54 Å². The number of anilines is 1. The zero-order chi connectivity index (χ0) is 12.4. The van der Waals surface area contributed by atoms with Gasteiger partial charge in [0.2, 0.25) is 0 Å². The maximum absolute atomic E-state index is 14.4. The number of hydrogen-bond acceptors (Lipinski definition) is 4. The quantitative estimate of drug-likeness (QED) is 0.903. The molecule has 5 heteroatoms. The Morgan fingerprint density at radius 2 is 2.17 bits per heavy atom. The van der Waals surface area contributed by atoms with Gasteiger partial charge in [-0.25, -0.2) is 9.37 Å². The highest BCUT2D eigenvalue weighted by molar-refractivity contribution is 7.99. The van der Waals surface area contributed by atoms with Crippen molar-refractivity contribution in [1.82, 2.24) is 10.3 Å². The molecule has 1 aliphatic heterocycles. The number of thioether (sulfide) groups is 1. The average Bonchev–Trinajstić information content (AvgIpc) is 3.23. The topological polar surface area (TPSA) is 28.2 Å². The minimum absolute atomic E-state index is 0.141. The molecule has 1 aromatic heterocycles. The van der Waals surface area contributed by atoms with Crippen LogP contribution in [0, 0.1) is 5.82 Å². The first-order chi connectivity index (χ1) is 8.84. The molecule has 1 saturated heterocycles. The lowest BCUT2D eigenvalue weighted by Crippen LogP contribution is -2.34. The van der Waals surface area contributed by atoms with E-state index in [9.17, 15) is 4.39 Å². The molecule has 18 heavy (non-hydrogen) atoms. The molecule has 1 aromatic rings. The molecule has 0 spiro atoms. The van der Waals surface area contributed by atoms with Crippen LogP contribution in [-0.4, -0.2) is 35.6 Å². The zero-order valence-corrected chi connectivity index (χ0v) is 11.2. The van der Waals surface area contributed by atoms with Crippen molar-refractivity contribution in [3.8, 4) is 0 Å². The van der Waals surface area contributed by atoms with E-state index in [4.69, 9.17) is 0 Å². The second-order valence-corrected chi connectivity index (χ2v) is 6.09. The summed E-state index contributed by atoms with van der Waals surface area (Å²) in [6, 6.07) is 2.39. The fraction of sp³-hybridized carbons (Fsp3) is 0.615. The summed E-state index contributed by atoms with van der Waals surface area (Å²) in [6.07, 6.45) is 4.18. The van der Waals surface area contributed by atoms with Crippen molar-refractivity contribution in [2.45, 2.75) is 25.4 Å². The molecule has 0 atom stereocenters. The molecule has 1 N–H and O–H groups in total. The second kappa shape index (κ2) is 5.45. The van der Waals surface area contributed by atoms with E-state index in [-0.39, 0.29) is 5.82 Å². The van der Waals surface area contributed by atoms with Gasteiger partial charge in [-0.15, -0.1) is 0 Å². The molecule has 0 bridgehead atoms. The van der Waals surface area contributed by atoms with Crippen molar-refractivity contribution in [3.63, 3.8) is 0 Å². The Hall–Kier alpha value is -0.810. The number of nitrogens with one attached hydrogen (secondary N) is 1. The number of hydrogen-bond donors (Lipinski definition) is 1. The maximum Gasteiger partial charge on any atom is 0.170 e. The van der Waals surface area contributed by atoms with Crippen molar-refractivity contribution in [2.24, 2.45) is 0 Å². The van der Waals surface area contributed by atoms with Gasteiger partial charge in [0.05, 0.1) is 0 Å². The molecular weight excluding hydrogens is 249 g/mol. The lowest BCUT2D eigenvalue weighted by atomic mass is 10.2. The molecule has 0 radical (unpaired) electrons.